The largest absolute Gasteiger partial charge is 0.468 e. The zero-order valence-corrected chi connectivity index (χ0v) is 16.1. The van der Waals surface area contributed by atoms with Gasteiger partial charge in [-0.1, -0.05) is 30.3 Å². The lowest BCUT2D eigenvalue weighted by Gasteiger charge is -2.06. The second kappa shape index (κ2) is 9.31. The van der Waals surface area contributed by atoms with Gasteiger partial charge in [0, 0.05) is 11.6 Å². The van der Waals surface area contributed by atoms with Crippen LogP contribution in [-0.2, 0) is 32.7 Å². The van der Waals surface area contributed by atoms with E-state index < -0.39 is 21.8 Å². The molecule has 0 bridgehead atoms. The van der Waals surface area contributed by atoms with Crippen molar-refractivity contribution in [3.8, 4) is 0 Å². The zero-order valence-electron chi connectivity index (χ0n) is 15.2. The molecule has 0 atom stereocenters. The average Bonchev–Trinajstić information content (AvgIpc) is 3.24. The maximum absolute atomic E-state index is 13.5. The van der Waals surface area contributed by atoms with Gasteiger partial charge >= 0.3 is 5.97 Å². The lowest BCUT2D eigenvalue weighted by Crippen LogP contribution is -2.22. The molecule has 0 aliphatic carbocycles. The molecule has 2 aromatic carbocycles. The summed E-state index contributed by atoms with van der Waals surface area (Å²) < 4.78 is 50.6. The Hall–Kier alpha value is -3.23. The molecule has 3 rings (SSSR count). The molecule has 8 heteroatoms. The monoisotopic (exact) mass is 415 g/mol. The van der Waals surface area contributed by atoms with E-state index in [1.807, 2.05) is 0 Å². The van der Waals surface area contributed by atoms with E-state index in [0.717, 1.165) is 0 Å². The summed E-state index contributed by atoms with van der Waals surface area (Å²) in [7, 11) is -3.69. The van der Waals surface area contributed by atoms with Crippen molar-refractivity contribution in [1.29, 1.82) is 0 Å². The van der Waals surface area contributed by atoms with Crippen LogP contribution in [0, 0.1) is 5.82 Å². The Balaban J connectivity index is 1.55. The van der Waals surface area contributed by atoms with E-state index >= 15 is 0 Å². The van der Waals surface area contributed by atoms with Crippen molar-refractivity contribution in [2.24, 2.45) is 0 Å². The molecule has 0 unspecified atom stereocenters. The van der Waals surface area contributed by atoms with Crippen molar-refractivity contribution in [2.45, 2.75) is 18.0 Å². The van der Waals surface area contributed by atoms with Crippen molar-refractivity contribution >= 4 is 22.1 Å². The predicted octanol–water partition coefficient (Wildman–Crippen LogP) is 3.65. The van der Waals surface area contributed by atoms with Gasteiger partial charge in [0.15, 0.2) is 0 Å². The quantitative estimate of drug-likeness (QED) is 0.448. The number of hydrogen-bond donors (Lipinski definition) is 1. The van der Waals surface area contributed by atoms with Gasteiger partial charge in [-0.15, -0.1) is 0 Å². The second-order valence-corrected chi connectivity index (χ2v) is 7.77. The number of nitrogens with one attached hydrogen (secondary N) is 1. The van der Waals surface area contributed by atoms with Gasteiger partial charge in [-0.2, -0.15) is 0 Å². The van der Waals surface area contributed by atoms with E-state index in [-0.39, 0.29) is 23.6 Å². The first kappa shape index (κ1) is 20.5. The molecular formula is C21H18FNO5S. The molecule has 0 saturated heterocycles. The molecule has 0 aliphatic rings. The van der Waals surface area contributed by atoms with Crippen LogP contribution in [-0.4, -0.2) is 14.4 Å². The van der Waals surface area contributed by atoms with Crippen LogP contribution < -0.4 is 4.72 Å². The number of carbonyl (C=O) groups is 1. The van der Waals surface area contributed by atoms with Gasteiger partial charge in [0.25, 0.3) is 0 Å². The number of halogens is 1. The van der Waals surface area contributed by atoms with E-state index in [1.165, 1.54) is 42.7 Å². The summed E-state index contributed by atoms with van der Waals surface area (Å²) in [6.07, 6.45) is 4.14. The Morgan fingerprint density at radius 1 is 1.07 bits per heavy atom. The van der Waals surface area contributed by atoms with Gasteiger partial charge in [-0.25, -0.2) is 22.3 Å². The minimum Gasteiger partial charge on any atom is -0.468 e. The van der Waals surface area contributed by atoms with E-state index in [4.69, 9.17) is 9.15 Å². The van der Waals surface area contributed by atoms with Crippen LogP contribution in [0.4, 0.5) is 4.39 Å². The van der Waals surface area contributed by atoms with Crippen molar-refractivity contribution in [1.82, 2.24) is 4.72 Å². The Morgan fingerprint density at radius 2 is 1.83 bits per heavy atom. The summed E-state index contributed by atoms with van der Waals surface area (Å²) in [6, 6.07) is 15.3. The average molecular weight is 415 g/mol. The molecule has 0 aliphatic heterocycles. The fraction of sp³-hybridized carbons (Fsp3) is 0.0952. The van der Waals surface area contributed by atoms with Crippen LogP contribution >= 0.6 is 0 Å². The van der Waals surface area contributed by atoms with Crippen LogP contribution in [0.1, 0.15) is 16.9 Å². The number of esters is 1. The van der Waals surface area contributed by atoms with Gasteiger partial charge in [0.2, 0.25) is 10.0 Å². The van der Waals surface area contributed by atoms with Crippen LogP contribution in [0.15, 0.2) is 82.3 Å². The molecule has 6 nitrogen and oxygen atoms in total. The highest BCUT2D eigenvalue weighted by Crippen LogP contribution is 2.13. The Kier molecular flexibility index (Phi) is 6.58. The van der Waals surface area contributed by atoms with Crippen LogP contribution in [0.25, 0.3) is 6.08 Å². The minimum atomic E-state index is -3.69. The number of carbonyl (C=O) groups excluding carboxylic acids is 1. The Labute approximate surface area is 167 Å². The number of benzene rings is 2. The standard InChI is InChI=1S/C21H18FNO5S/c22-20-6-2-1-4-17(20)15-28-21(24)12-9-16-7-10-19(11-8-16)29(25,26)23-14-18-5-3-13-27-18/h1-13,23H,14-15H2/b12-9+. The summed E-state index contributed by atoms with van der Waals surface area (Å²) >= 11 is 0. The first-order chi connectivity index (χ1) is 13.9. The fourth-order valence-electron chi connectivity index (χ4n) is 2.40. The molecule has 1 heterocycles. The van der Waals surface area contributed by atoms with E-state index in [0.29, 0.717) is 11.3 Å². The second-order valence-electron chi connectivity index (χ2n) is 6.01. The SMILES string of the molecule is O=C(/C=C/c1ccc(S(=O)(=O)NCc2ccco2)cc1)OCc1ccccc1F. The summed E-state index contributed by atoms with van der Waals surface area (Å²) in [5.41, 5.74) is 0.892. The smallest absolute Gasteiger partial charge is 0.331 e. The molecule has 29 heavy (non-hydrogen) atoms. The number of hydrogen-bond acceptors (Lipinski definition) is 5. The molecule has 150 valence electrons. The summed E-state index contributed by atoms with van der Waals surface area (Å²) in [6.45, 7) is -0.126. The Morgan fingerprint density at radius 3 is 2.52 bits per heavy atom. The summed E-state index contributed by atoms with van der Waals surface area (Å²) in [5, 5.41) is 0. The third-order valence-electron chi connectivity index (χ3n) is 3.95. The van der Waals surface area contributed by atoms with Crippen molar-refractivity contribution in [2.75, 3.05) is 0 Å². The van der Waals surface area contributed by atoms with Gasteiger partial charge in [-0.05, 0) is 42.0 Å². The third kappa shape index (κ3) is 5.87. The molecule has 0 fully saturated rings. The molecule has 1 aromatic heterocycles. The first-order valence-corrected chi connectivity index (χ1v) is 10.1. The molecular weight excluding hydrogens is 397 g/mol. The van der Waals surface area contributed by atoms with Gasteiger partial charge in [0.05, 0.1) is 17.7 Å². The molecule has 0 saturated carbocycles. The third-order valence-corrected chi connectivity index (χ3v) is 5.36. The van der Waals surface area contributed by atoms with Crippen molar-refractivity contribution in [3.05, 3.63) is 95.7 Å². The molecule has 0 radical (unpaired) electrons. The van der Waals surface area contributed by atoms with E-state index in [9.17, 15) is 17.6 Å². The first-order valence-electron chi connectivity index (χ1n) is 8.64. The predicted molar refractivity (Wildman–Crippen MR) is 104 cm³/mol. The fourth-order valence-corrected chi connectivity index (χ4v) is 3.39. The number of rotatable bonds is 8. The van der Waals surface area contributed by atoms with E-state index in [2.05, 4.69) is 4.72 Å². The zero-order chi connectivity index (χ0) is 20.7. The molecule has 3 aromatic rings. The number of ether oxygens (including phenoxy) is 1. The number of furan rings is 1. The molecule has 0 spiro atoms. The molecule has 1 N–H and O–H groups in total. The maximum Gasteiger partial charge on any atom is 0.331 e. The summed E-state index contributed by atoms with van der Waals surface area (Å²) in [4.78, 5) is 11.9. The van der Waals surface area contributed by atoms with E-state index in [1.54, 1.807) is 36.4 Å². The van der Waals surface area contributed by atoms with Crippen LogP contribution in [0.5, 0.6) is 0 Å². The maximum atomic E-state index is 13.5. The van der Waals surface area contributed by atoms with Gasteiger partial charge < -0.3 is 9.15 Å². The minimum absolute atomic E-state index is 0.0465. The highest BCUT2D eigenvalue weighted by atomic mass is 32.2. The topological polar surface area (TPSA) is 85.6 Å². The van der Waals surface area contributed by atoms with Gasteiger partial charge in [-0.3, -0.25) is 0 Å². The lowest BCUT2D eigenvalue weighted by atomic mass is 10.2. The number of sulfonamides is 1. The highest BCUT2D eigenvalue weighted by molar-refractivity contribution is 7.89. The van der Waals surface area contributed by atoms with Crippen LogP contribution in [0.3, 0.4) is 0 Å². The lowest BCUT2D eigenvalue weighted by molar-refractivity contribution is -0.138. The normalized spacial score (nSPS) is 11.6. The summed E-state index contributed by atoms with van der Waals surface area (Å²) in [5.74, 6) is -0.575. The van der Waals surface area contributed by atoms with Crippen molar-refractivity contribution in [3.63, 3.8) is 0 Å². The molecule has 0 amide bonds. The highest BCUT2D eigenvalue weighted by Gasteiger charge is 2.14. The van der Waals surface area contributed by atoms with Crippen molar-refractivity contribution < 1.29 is 26.8 Å². The van der Waals surface area contributed by atoms with Gasteiger partial charge in [0.1, 0.15) is 18.2 Å². The van der Waals surface area contributed by atoms with Crippen LogP contribution in [0.2, 0.25) is 0 Å². The Bertz CT molecular complexity index is 1090.